The van der Waals surface area contributed by atoms with Crippen LogP contribution < -0.4 is 5.32 Å². The van der Waals surface area contributed by atoms with Gasteiger partial charge < -0.3 is 15.2 Å². The van der Waals surface area contributed by atoms with Crippen LogP contribution in [0.25, 0.3) is 0 Å². The van der Waals surface area contributed by atoms with Gasteiger partial charge in [-0.15, -0.1) is 11.3 Å². The second-order valence-electron chi connectivity index (χ2n) is 6.02. The van der Waals surface area contributed by atoms with E-state index in [0.717, 1.165) is 31.4 Å². The van der Waals surface area contributed by atoms with E-state index >= 15 is 0 Å². The third-order valence-electron chi connectivity index (χ3n) is 4.20. The Morgan fingerprint density at radius 2 is 2.25 bits per heavy atom. The molecule has 7 heteroatoms. The summed E-state index contributed by atoms with van der Waals surface area (Å²) in [5.74, 6) is -0.434. The number of hydrogen-bond donors (Lipinski definition) is 2. The summed E-state index contributed by atoms with van der Waals surface area (Å²) in [4.78, 5) is 26.8. The molecule has 2 N–H and O–H groups in total. The number of piperidine rings is 1. The zero-order chi connectivity index (χ0) is 17.5. The maximum absolute atomic E-state index is 12.3. The van der Waals surface area contributed by atoms with Crippen LogP contribution in [0, 0.1) is 6.92 Å². The number of hydrogen-bond acceptors (Lipinski definition) is 6. The Kier molecular flexibility index (Phi) is 7.20. The monoisotopic (exact) mass is 354 g/mol. The Morgan fingerprint density at radius 3 is 2.96 bits per heavy atom. The van der Waals surface area contributed by atoms with Crippen molar-refractivity contribution in [3.05, 3.63) is 16.5 Å². The summed E-state index contributed by atoms with van der Waals surface area (Å²) in [5, 5.41) is 12.7. The topological polar surface area (TPSA) is 78.9 Å². The van der Waals surface area contributed by atoms with Crippen LogP contribution in [0.2, 0.25) is 0 Å². The minimum atomic E-state index is -0.348. The van der Waals surface area contributed by atoms with Crippen molar-refractivity contribution in [2.45, 2.75) is 45.6 Å². The highest BCUT2D eigenvalue weighted by Crippen LogP contribution is 2.27. The molecule has 1 unspecified atom stereocenters. The number of nitrogens with zero attached hydrogens (tertiary/aromatic N) is 1. The minimum Gasteiger partial charge on any atom is -0.462 e. The van der Waals surface area contributed by atoms with E-state index in [9.17, 15) is 9.59 Å². The number of anilines is 1. The number of carbonyl (C=O) groups excluding carboxylic acids is 2. The van der Waals surface area contributed by atoms with Crippen LogP contribution in [0.3, 0.4) is 0 Å². The van der Waals surface area contributed by atoms with Crippen molar-refractivity contribution in [2.75, 3.05) is 31.6 Å². The average molecular weight is 354 g/mol. The lowest BCUT2D eigenvalue weighted by Crippen LogP contribution is -2.44. The molecule has 1 aromatic heterocycles. The van der Waals surface area contributed by atoms with Crippen molar-refractivity contribution < 1.29 is 19.4 Å². The van der Waals surface area contributed by atoms with Gasteiger partial charge in [-0.3, -0.25) is 9.69 Å². The van der Waals surface area contributed by atoms with Crippen LogP contribution in [-0.2, 0) is 9.53 Å². The molecule has 0 aliphatic carbocycles. The number of aliphatic hydroxyl groups excluding tert-OH is 1. The second-order valence-corrected chi connectivity index (χ2v) is 7.08. The molecule has 2 rings (SSSR count). The highest BCUT2D eigenvalue weighted by Gasteiger charge is 2.24. The largest absolute Gasteiger partial charge is 0.462 e. The van der Waals surface area contributed by atoms with Crippen LogP contribution >= 0.6 is 11.3 Å². The van der Waals surface area contributed by atoms with Gasteiger partial charge in [0.2, 0.25) is 5.91 Å². The van der Waals surface area contributed by atoms with Crippen LogP contribution in [0.4, 0.5) is 5.00 Å². The maximum Gasteiger partial charge on any atom is 0.348 e. The van der Waals surface area contributed by atoms with Gasteiger partial charge in [0.25, 0.3) is 0 Å². The summed E-state index contributed by atoms with van der Waals surface area (Å²) >= 11 is 1.24. The summed E-state index contributed by atoms with van der Waals surface area (Å²) in [6, 6.07) is 2.07. The van der Waals surface area contributed by atoms with E-state index in [2.05, 4.69) is 10.2 Å². The van der Waals surface area contributed by atoms with Gasteiger partial charge in [0, 0.05) is 12.6 Å². The molecule has 1 aliphatic heterocycles. The van der Waals surface area contributed by atoms with Crippen molar-refractivity contribution in [3.8, 4) is 0 Å². The maximum atomic E-state index is 12.3. The second kappa shape index (κ2) is 9.15. The molecule has 2 heterocycles. The predicted octanol–water partition coefficient (Wildman–Crippen LogP) is 2.41. The predicted molar refractivity (Wildman–Crippen MR) is 94.6 cm³/mol. The van der Waals surface area contributed by atoms with E-state index in [1.54, 1.807) is 13.0 Å². The fourth-order valence-electron chi connectivity index (χ4n) is 3.05. The highest BCUT2D eigenvalue weighted by atomic mass is 32.1. The first kappa shape index (κ1) is 18.9. The van der Waals surface area contributed by atoms with Crippen LogP contribution in [0.15, 0.2) is 6.07 Å². The number of rotatable bonds is 7. The first-order chi connectivity index (χ1) is 11.5. The Balaban J connectivity index is 1.94. The zero-order valence-electron chi connectivity index (χ0n) is 14.3. The smallest absolute Gasteiger partial charge is 0.348 e. The molecule has 0 aromatic carbocycles. The van der Waals surface area contributed by atoms with Gasteiger partial charge in [0.1, 0.15) is 4.88 Å². The molecule has 24 heavy (non-hydrogen) atoms. The summed E-state index contributed by atoms with van der Waals surface area (Å²) in [5.41, 5.74) is 0.810. The Labute approximate surface area is 146 Å². The number of aliphatic hydroxyl groups is 1. The summed E-state index contributed by atoms with van der Waals surface area (Å²) in [6.45, 7) is 5.28. The van der Waals surface area contributed by atoms with E-state index in [-0.39, 0.29) is 24.5 Å². The standard InChI is InChI=1S/C17H26N2O4S/c1-3-23-17(22)16-12(2)10-15(24-16)18-14(21)11-19-8-5-4-6-13(19)7-9-20/h10,13,20H,3-9,11H2,1-2H3,(H,18,21). The molecule has 1 aliphatic rings. The van der Waals surface area contributed by atoms with Crippen molar-refractivity contribution in [1.82, 2.24) is 4.90 Å². The molecule has 0 saturated carbocycles. The fraction of sp³-hybridized carbons (Fsp3) is 0.647. The third-order valence-corrected chi connectivity index (χ3v) is 5.33. The molecule has 1 aromatic rings. The zero-order valence-corrected chi connectivity index (χ0v) is 15.2. The lowest BCUT2D eigenvalue weighted by Gasteiger charge is -2.34. The Hall–Kier alpha value is -1.44. The summed E-state index contributed by atoms with van der Waals surface area (Å²) in [7, 11) is 0. The fourth-order valence-corrected chi connectivity index (χ4v) is 4.03. The van der Waals surface area contributed by atoms with Gasteiger partial charge in [0.15, 0.2) is 0 Å². The normalized spacial score (nSPS) is 18.4. The summed E-state index contributed by atoms with van der Waals surface area (Å²) < 4.78 is 5.02. The Bertz CT molecular complexity index is 571. The molecule has 0 bridgehead atoms. The third kappa shape index (κ3) is 5.03. The van der Waals surface area contributed by atoms with Gasteiger partial charge >= 0.3 is 5.97 Å². The lowest BCUT2D eigenvalue weighted by molar-refractivity contribution is -0.118. The van der Waals surface area contributed by atoms with Gasteiger partial charge in [-0.05, 0) is 51.3 Å². The number of esters is 1. The number of likely N-dealkylation sites (tertiary alicyclic amines) is 1. The number of aryl methyl sites for hydroxylation is 1. The average Bonchev–Trinajstić information content (AvgIpc) is 2.90. The lowest BCUT2D eigenvalue weighted by atomic mass is 10.00. The van der Waals surface area contributed by atoms with E-state index in [4.69, 9.17) is 9.84 Å². The highest BCUT2D eigenvalue weighted by molar-refractivity contribution is 7.18. The van der Waals surface area contributed by atoms with E-state index in [1.165, 1.54) is 11.3 Å². The quantitative estimate of drug-likeness (QED) is 0.735. The molecule has 1 atom stereocenters. The molecule has 1 amide bonds. The molecule has 0 radical (unpaired) electrons. The van der Waals surface area contributed by atoms with Gasteiger partial charge in [0.05, 0.1) is 18.2 Å². The molecule has 1 saturated heterocycles. The molecule has 0 spiro atoms. The molecular formula is C17H26N2O4S. The van der Waals surface area contributed by atoms with Gasteiger partial charge in [-0.25, -0.2) is 4.79 Å². The van der Waals surface area contributed by atoms with Crippen molar-refractivity contribution in [3.63, 3.8) is 0 Å². The van der Waals surface area contributed by atoms with Crippen LogP contribution in [-0.4, -0.2) is 54.2 Å². The van der Waals surface area contributed by atoms with E-state index in [0.29, 0.717) is 29.5 Å². The molecule has 1 fully saturated rings. The Morgan fingerprint density at radius 1 is 1.46 bits per heavy atom. The van der Waals surface area contributed by atoms with Crippen molar-refractivity contribution >= 4 is 28.2 Å². The SMILES string of the molecule is CCOC(=O)c1sc(NC(=O)CN2CCCCC2CCO)cc1C. The molecule has 134 valence electrons. The van der Waals surface area contributed by atoms with Crippen LogP contribution in [0.5, 0.6) is 0 Å². The first-order valence-corrected chi connectivity index (χ1v) is 9.29. The number of amides is 1. The molecule has 6 nitrogen and oxygen atoms in total. The minimum absolute atomic E-state index is 0.0866. The number of thiophene rings is 1. The number of nitrogens with one attached hydrogen (secondary N) is 1. The first-order valence-electron chi connectivity index (χ1n) is 8.47. The van der Waals surface area contributed by atoms with E-state index < -0.39 is 0 Å². The molecular weight excluding hydrogens is 328 g/mol. The number of ether oxygens (including phenoxy) is 1. The number of carbonyl (C=O) groups is 2. The van der Waals surface area contributed by atoms with Gasteiger partial charge in [-0.2, -0.15) is 0 Å². The van der Waals surface area contributed by atoms with Crippen molar-refractivity contribution in [1.29, 1.82) is 0 Å². The summed E-state index contributed by atoms with van der Waals surface area (Å²) in [6.07, 6.45) is 3.97. The van der Waals surface area contributed by atoms with E-state index in [1.807, 2.05) is 6.92 Å². The van der Waals surface area contributed by atoms with Crippen LogP contribution in [0.1, 0.15) is 47.8 Å². The van der Waals surface area contributed by atoms with Crippen molar-refractivity contribution in [2.24, 2.45) is 0 Å². The van der Waals surface area contributed by atoms with Gasteiger partial charge in [-0.1, -0.05) is 6.42 Å².